The molecule has 1 heterocycles. The van der Waals surface area contributed by atoms with Crippen molar-refractivity contribution in [2.75, 3.05) is 20.3 Å². The van der Waals surface area contributed by atoms with E-state index in [1.165, 1.54) is 19.5 Å². The average molecular weight is 212 g/mol. The normalized spacial score (nSPS) is 14.7. The highest BCUT2D eigenvalue weighted by molar-refractivity contribution is 5.23. The van der Waals surface area contributed by atoms with E-state index >= 15 is 0 Å². The Morgan fingerprint density at radius 1 is 1.40 bits per heavy atom. The molecule has 0 aliphatic carbocycles. The van der Waals surface area contributed by atoms with Crippen molar-refractivity contribution in [2.24, 2.45) is 0 Å². The van der Waals surface area contributed by atoms with Crippen LogP contribution in [-0.2, 0) is 10.3 Å². The van der Waals surface area contributed by atoms with E-state index in [0.717, 1.165) is 0 Å². The lowest BCUT2D eigenvalue weighted by Gasteiger charge is -2.23. The van der Waals surface area contributed by atoms with Crippen LogP contribution in [0.15, 0.2) is 12.4 Å². The van der Waals surface area contributed by atoms with Crippen molar-refractivity contribution < 1.29 is 14.6 Å². The van der Waals surface area contributed by atoms with Gasteiger partial charge in [0.25, 0.3) is 0 Å². The zero-order chi connectivity index (χ0) is 11.3. The molecule has 0 saturated carbocycles. The van der Waals surface area contributed by atoms with Crippen molar-refractivity contribution in [3.05, 3.63) is 18.1 Å². The predicted octanol–water partition coefficient (Wildman–Crippen LogP) is 0.729. The second-order valence-electron chi connectivity index (χ2n) is 3.33. The van der Waals surface area contributed by atoms with Gasteiger partial charge in [0.1, 0.15) is 11.3 Å². The molecule has 5 nitrogen and oxygen atoms in total. The van der Waals surface area contributed by atoms with E-state index in [1.807, 2.05) is 6.92 Å². The van der Waals surface area contributed by atoms with Gasteiger partial charge in [0.2, 0.25) is 5.88 Å². The molecule has 0 radical (unpaired) electrons. The number of methoxy groups -OCH3 is 1. The predicted molar refractivity (Wildman–Crippen MR) is 54.6 cm³/mol. The SMILES string of the molecule is CCOCC(C)(O)c1nccnc1OC. The molecule has 1 N–H and O–H groups in total. The van der Waals surface area contributed by atoms with Crippen molar-refractivity contribution in [1.82, 2.24) is 9.97 Å². The summed E-state index contributed by atoms with van der Waals surface area (Å²) in [7, 11) is 1.49. The molecule has 0 aliphatic heterocycles. The van der Waals surface area contributed by atoms with Crippen molar-refractivity contribution in [2.45, 2.75) is 19.4 Å². The summed E-state index contributed by atoms with van der Waals surface area (Å²) in [5, 5.41) is 10.1. The first-order chi connectivity index (χ1) is 7.11. The summed E-state index contributed by atoms with van der Waals surface area (Å²) in [6.45, 7) is 4.19. The van der Waals surface area contributed by atoms with E-state index in [0.29, 0.717) is 18.2 Å². The van der Waals surface area contributed by atoms with E-state index in [4.69, 9.17) is 9.47 Å². The zero-order valence-electron chi connectivity index (χ0n) is 9.23. The Labute approximate surface area is 89.1 Å². The standard InChI is InChI=1S/C10H16N2O3/c1-4-15-7-10(2,13)8-9(14-3)12-6-5-11-8/h5-6,13H,4,7H2,1-3H3. The Morgan fingerprint density at radius 3 is 2.67 bits per heavy atom. The highest BCUT2D eigenvalue weighted by Gasteiger charge is 2.29. The van der Waals surface area contributed by atoms with E-state index in [2.05, 4.69) is 9.97 Å². The summed E-state index contributed by atoms with van der Waals surface area (Å²) >= 11 is 0. The highest BCUT2D eigenvalue weighted by Crippen LogP contribution is 2.25. The first kappa shape index (κ1) is 11.9. The summed E-state index contributed by atoms with van der Waals surface area (Å²) in [6.07, 6.45) is 3.03. The lowest BCUT2D eigenvalue weighted by molar-refractivity contribution is -0.0389. The number of rotatable bonds is 5. The molecule has 0 amide bonds. The van der Waals surface area contributed by atoms with Crippen LogP contribution < -0.4 is 4.74 Å². The van der Waals surface area contributed by atoms with Crippen LogP contribution in [0.5, 0.6) is 5.88 Å². The molecule has 0 aliphatic rings. The topological polar surface area (TPSA) is 64.5 Å². The Bertz CT molecular complexity index is 315. The number of aliphatic hydroxyl groups is 1. The van der Waals surface area contributed by atoms with Crippen LogP contribution in [0.1, 0.15) is 19.5 Å². The van der Waals surface area contributed by atoms with Crippen molar-refractivity contribution in [3.63, 3.8) is 0 Å². The first-order valence-electron chi connectivity index (χ1n) is 4.77. The summed E-state index contributed by atoms with van der Waals surface area (Å²) in [4.78, 5) is 8.03. The number of hydrogen-bond donors (Lipinski definition) is 1. The Hall–Kier alpha value is -1.20. The lowest BCUT2D eigenvalue weighted by atomic mass is 10.0. The maximum Gasteiger partial charge on any atom is 0.238 e. The van der Waals surface area contributed by atoms with Crippen LogP contribution in [-0.4, -0.2) is 35.4 Å². The largest absolute Gasteiger partial charge is 0.480 e. The van der Waals surface area contributed by atoms with Crippen molar-refractivity contribution in [3.8, 4) is 5.88 Å². The smallest absolute Gasteiger partial charge is 0.238 e. The number of nitrogens with zero attached hydrogens (tertiary/aromatic N) is 2. The van der Waals surface area contributed by atoms with E-state index in [9.17, 15) is 5.11 Å². The van der Waals surface area contributed by atoms with Crippen LogP contribution in [0.25, 0.3) is 0 Å². The Kier molecular flexibility index (Phi) is 3.99. The summed E-state index contributed by atoms with van der Waals surface area (Å²) in [5.74, 6) is 0.321. The second kappa shape index (κ2) is 5.04. The molecule has 15 heavy (non-hydrogen) atoms. The molecule has 0 aromatic carbocycles. The number of aromatic nitrogens is 2. The fraction of sp³-hybridized carbons (Fsp3) is 0.600. The average Bonchev–Trinajstić information content (AvgIpc) is 2.26. The van der Waals surface area contributed by atoms with Crippen LogP contribution in [0.4, 0.5) is 0 Å². The Morgan fingerprint density at radius 2 is 2.07 bits per heavy atom. The second-order valence-corrected chi connectivity index (χ2v) is 3.33. The first-order valence-corrected chi connectivity index (χ1v) is 4.77. The molecular formula is C10H16N2O3. The molecule has 0 spiro atoms. The van der Waals surface area contributed by atoms with Gasteiger partial charge in [0.05, 0.1) is 13.7 Å². The quantitative estimate of drug-likeness (QED) is 0.779. The monoisotopic (exact) mass is 212 g/mol. The van der Waals surface area contributed by atoms with Crippen LogP contribution in [0, 0.1) is 0 Å². The molecule has 5 heteroatoms. The van der Waals surface area contributed by atoms with Gasteiger partial charge in [-0.3, -0.25) is 4.98 Å². The van der Waals surface area contributed by atoms with Gasteiger partial charge in [-0.2, -0.15) is 0 Å². The minimum absolute atomic E-state index is 0.165. The minimum atomic E-state index is -1.18. The molecule has 1 unspecified atom stereocenters. The third-order valence-electron chi connectivity index (χ3n) is 1.96. The van der Waals surface area contributed by atoms with Gasteiger partial charge in [0.15, 0.2) is 0 Å². The third-order valence-corrected chi connectivity index (χ3v) is 1.96. The van der Waals surface area contributed by atoms with Gasteiger partial charge in [-0.05, 0) is 13.8 Å². The van der Waals surface area contributed by atoms with Gasteiger partial charge in [-0.15, -0.1) is 0 Å². The summed E-state index contributed by atoms with van der Waals surface area (Å²) < 4.78 is 10.2. The van der Waals surface area contributed by atoms with E-state index in [-0.39, 0.29) is 6.61 Å². The maximum atomic E-state index is 10.1. The van der Waals surface area contributed by atoms with Crippen LogP contribution in [0.2, 0.25) is 0 Å². The molecular weight excluding hydrogens is 196 g/mol. The van der Waals surface area contributed by atoms with Crippen LogP contribution in [0.3, 0.4) is 0 Å². The molecule has 1 rings (SSSR count). The third kappa shape index (κ3) is 2.87. The summed E-state index contributed by atoms with van der Waals surface area (Å²) in [6, 6.07) is 0. The molecule has 0 bridgehead atoms. The fourth-order valence-corrected chi connectivity index (χ4v) is 1.21. The highest BCUT2D eigenvalue weighted by atomic mass is 16.5. The molecule has 1 atom stereocenters. The van der Waals surface area contributed by atoms with Crippen molar-refractivity contribution in [1.29, 1.82) is 0 Å². The Balaban J connectivity index is 2.92. The lowest BCUT2D eigenvalue weighted by Crippen LogP contribution is -2.30. The maximum absolute atomic E-state index is 10.1. The summed E-state index contributed by atoms with van der Waals surface area (Å²) in [5.41, 5.74) is -0.795. The molecule has 1 aromatic heterocycles. The fourth-order valence-electron chi connectivity index (χ4n) is 1.21. The number of hydrogen-bond acceptors (Lipinski definition) is 5. The van der Waals surface area contributed by atoms with Crippen molar-refractivity contribution >= 4 is 0 Å². The van der Waals surface area contributed by atoms with Gasteiger partial charge in [0, 0.05) is 19.0 Å². The van der Waals surface area contributed by atoms with Gasteiger partial charge in [-0.25, -0.2) is 4.98 Å². The van der Waals surface area contributed by atoms with E-state index in [1.54, 1.807) is 6.92 Å². The number of ether oxygens (including phenoxy) is 2. The molecule has 0 saturated heterocycles. The van der Waals surface area contributed by atoms with Crippen LogP contribution >= 0.6 is 0 Å². The molecule has 84 valence electrons. The van der Waals surface area contributed by atoms with Gasteiger partial charge in [-0.1, -0.05) is 0 Å². The minimum Gasteiger partial charge on any atom is -0.480 e. The molecule has 0 fully saturated rings. The molecule has 1 aromatic rings. The van der Waals surface area contributed by atoms with Gasteiger partial charge >= 0.3 is 0 Å². The zero-order valence-corrected chi connectivity index (χ0v) is 9.23. The van der Waals surface area contributed by atoms with E-state index < -0.39 is 5.60 Å². The van der Waals surface area contributed by atoms with Gasteiger partial charge < -0.3 is 14.6 Å².